The van der Waals surface area contributed by atoms with Gasteiger partial charge in [0.05, 0.1) is 17.5 Å². The van der Waals surface area contributed by atoms with Crippen LogP contribution >= 0.6 is 0 Å². The molecule has 0 saturated carbocycles. The smallest absolute Gasteiger partial charge is 0.213 e. The first-order chi connectivity index (χ1) is 7.44. The molecule has 4 N–H and O–H groups in total. The van der Waals surface area contributed by atoms with Crippen LogP contribution in [-0.2, 0) is 19.9 Å². The van der Waals surface area contributed by atoms with Crippen LogP contribution in [0.1, 0.15) is 13.8 Å². The zero-order valence-electron chi connectivity index (χ0n) is 10.1. The van der Waals surface area contributed by atoms with E-state index < -0.39 is 37.4 Å². The summed E-state index contributed by atoms with van der Waals surface area (Å²) in [5.41, 5.74) is 5.26. The number of amidine groups is 1. The fraction of sp³-hybridized carbons (Fsp3) is 0.875. The van der Waals surface area contributed by atoms with Gasteiger partial charge in [0.15, 0.2) is 0 Å². The van der Waals surface area contributed by atoms with Gasteiger partial charge in [-0.15, -0.1) is 0 Å². The van der Waals surface area contributed by atoms with Crippen molar-refractivity contribution in [1.82, 2.24) is 4.72 Å². The zero-order chi connectivity index (χ0) is 13.9. The SMILES string of the molecule is CC(C)C(NS(=O)(=O)CCS(C)(=O)=O)C(=N)N. The molecule has 9 heteroatoms. The molecule has 0 aromatic rings. The average molecular weight is 285 g/mol. The van der Waals surface area contributed by atoms with Crippen molar-refractivity contribution in [1.29, 1.82) is 5.41 Å². The standard InChI is InChI=1S/C8H19N3O4S2/c1-6(2)7(8(9)10)11-17(14,15)5-4-16(3,12)13/h6-7,11H,4-5H2,1-3H3,(H3,9,10). The van der Waals surface area contributed by atoms with E-state index in [2.05, 4.69) is 4.72 Å². The summed E-state index contributed by atoms with van der Waals surface area (Å²) < 4.78 is 47.1. The monoisotopic (exact) mass is 285 g/mol. The van der Waals surface area contributed by atoms with Crippen LogP contribution in [-0.4, -0.2) is 46.5 Å². The van der Waals surface area contributed by atoms with Crippen LogP contribution < -0.4 is 10.5 Å². The summed E-state index contributed by atoms with van der Waals surface area (Å²) in [7, 11) is -7.09. The van der Waals surface area contributed by atoms with Gasteiger partial charge in [-0.25, -0.2) is 21.6 Å². The van der Waals surface area contributed by atoms with Gasteiger partial charge in [-0.3, -0.25) is 5.41 Å². The van der Waals surface area contributed by atoms with Crippen molar-refractivity contribution in [3.8, 4) is 0 Å². The number of sulfonamides is 1. The normalized spacial score (nSPS) is 14.8. The van der Waals surface area contributed by atoms with Crippen molar-refractivity contribution in [3.63, 3.8) is 0 Å². The van der Waals surface area contributed by atoms with Gasteiger partial charge in [0.2, 0.25) is 10.0 Å². The van der Waals surface area contributed by atoms with Gasteiger partial charge >= 0.3 is 0 Å². The molecular formula is C8H19N3O4S2. The maximum Gasteiger partial charge on any atom is 0.213 e. The van der Waals surface area contributed by atoms with Gasteiger partial charge in [-0.05, 0) is 5.92 Å². The molecule has 17 heavy (non-hydrogen) atoms. The summed E-state index contributed by atoms with van der Waals surface area (Å²) in [6.07, 6.45) is 0.966. The van der Waals surface area contributed by atoms with Gasteiger partial charge in [-0.1, -0.05) is 13.8 Å². The molecule has 0 heterocycles. The Morgan fingerprint density at radius 3 is 2.00 bits per heavy atom. The van der Waals surface area contributed by atoms with Crippen LogP contribution in [0.3, 0.4) is 0 Å². The van der Waals surface area contributed by atoms with Crippen molar-refractivity contribution in [3.05, 3.63) is 0 Å². The number of hydrogen-bond donors (Lipinski definition) is 3. The molecule has 0 radical (unpaired) electrons. The minimum absolute atomic E-state index is 0.180. The number of nitrogens with one attached hydrogen (secondary N) is 2. The molecule has 0 aromatic heterocycles. The molecule has 0 aliphatic carbocycles. The molecule has 0 fully saturated rings. The van der Waals surface area contributed by atoms with Crippen molar-refractivity contribution >= 4 is 25.7 Å². The van der Waals surface area contributed by atoms with E-state index in [0.29, 0.717) is 0 Å². The fourth-order valence-corrected chi connectivity index (χ4v) is 4.06. The van der Waals surface area contributed by atoms with Gasteiger partial charge in [0, 0.05) is 6.26 Å². The largest absolute Gasteiger partial charge is 0.386 e. The third-order valence-corrected chi connectivity index (χ3v) is 4.59. The molecule has 0 rings (SSSR count). The maximum absolute atomic E-state index is 11.6. The third-order valence-electron chi connectivity index (χ3n) is 2.03. The van der Waals surface area contributed by atoms with E-state index in [1.54, 1.807) is 13.8 Å². The number of rotatable bonds is 7. The highest BCUT2D eigenvalue weighted by atomic mass is 32.2. The predicted molar refractivity (Wildman–Crippen MR) is 67.2 cm³/mol. The molecule has 0 bridgehead atoms. The first-order valence-corrected chi connectivity index (χ1v) is 8.67. The summed E-state index contributed by atoms with van der Waals surface area (Å²) >= 11 is 0. The summed E-state index contributed by atoms with van der Waals surface area (Å²) in [6, 6.07) is -0.806. The van der Waals surface area contributed by atoms with Crippen molar-refractivity contribution in [2.45, 2.75) is 19.9 Å². The van der Waals surface area contributed by atoms with Gasteiger partial charge in [0.1, 0.15) is 15.7 Å². The summed E-state index contributed by atoms with van der Waals surface area (Å²) in [6.45, 7) is 3.43. The van der Waals surface area contributed by atoms with E-state index in [-0.39, 0.29) is 11.8 Å². The average Bonchev–Trinajstić information content (AvgIpc) is 2.09. The Kier molecular flexibility index (Phi) is 5.56. The second-order valence-electron chi connectivity index (χ2n) is 4.24. The van der Waals surface area contributed by atoms with Crippen molar-refractivity contribution < 1.29 is 16.8 Å². The van der Waals surface area contributed by atoms with E-state index >= 15 is 0 Å². The second kappa shape index (κ2) is 5.78. The highest BCUT2D eigenvalue weighted by molar-refractivity contribution is 7.93. The van der Waals surface area contributed by atoms with Gasteiger partial charge in [-0.2, -0.15) is 0 Å². The Hall–Kier alpha value is -0.670. The molecule has 0 aliphatic heterocycles. The molecule has 1 unspecified atom stereocenters. The fourth-order valence-electron chi connectivity index (χ4n) is 1.07. The van der Waals surface area contributed by atoms with Crippen LogP contribution in [0.25, 0.3) is 0 Å². The summed E-state index contributed by atoms with van der Waals surface area (Å²) in [5, 5.41) is 7.25. The topological polar surface area (TPSA) is 130 Å². The van der Waals surface area contributed by atoms with E-state index in [1.165, 1.54) is 0 Å². The molecule has 0 spiro atoms. The maximum atomic E-state index is 11.6. The quantitative estimate of drug-likeness (QED) is 0.404. The second-order valence-corrected chi connectivity index (χ2v) is 8.38. The summed E-state index contributed by atoms with van der Waals surface area (Å²) in [4.78, 5) is 0. The minimum Gasteiger partial charge on any atom is -0.386 e. The molecule has 0 aromatic carbocycles. The Balaban J connectivity index is 4.69. The lowest BCUT2D eigenvalue weighted by molar-refractivity contribution is 0.522. The van der Waals surface area contributed by atoms with Crippen LogP contribution in [0, 0.1) is 11.3 Å². The zero-order valence-corrected chi connectivity index (χ0v) is 11.7. The third kappa shape index (κ3) is 7.29. The first-order valence-electron chi connectivity index (χ1n) is 4.96. The lowest BCUT2D eigenvalue weighted by atomic mass is 10.1. The predicted octanol–water partition coefficient (Wildman–Crippen LogP) is -1.09. The van der Waals surface area contributed by atoms with Crippen LogP contribution in [0.4, 0.5) is 0 Å². The van der Waals surface area contributed by atoms with Crippen molar-refractivity contribution in [2.24, 2.45) is 11.7 Å². The van der Waals surface area contributed by atoms with Crippen LogP contribution in [0.15, 0.2) is 0 Å². The van der Waals surface area contributed by atoms with Gasteiger partial charge < -0.3 is 5.73 Å². The van der Waals surface area contributed by atoms with Gasteiger partial charge in [0.25, 0.3) is 0 Å². The molecule has 7 nitrogen and oxygen atoms in total. The number of nitrogens with two attached hydrogens (primary N) is 1. The highest BCUT2D eigenvalue weighted by Crippen LogP contribution is 2.03. The van der Waals surface area contributed by atoms with Crippen LogP contribution in [0.2, 0.25) is 0 Å². The molecule has 1 atom stereocenters. The Morgan fingerprint density at radius 2 is 1.71 bits per heavy atom. The lowest BCUT2D eigenvalue weighted by Gasteiger charge is -2.20. The molecular weight excluding hydrogens is 266 g/mol. The Labute approximate surface area is 102 Å². The van der Waals surface area contributed by atoms with E-state index in [9.17, 15) is 16.8 Å². The number of sulfone groups is 1. The Morgan fingerprint density at radius 1 is 1.24 bits per heavy atom. The minimum atomic E-state index is -3.75. The molecule has 0 saturated heterocycles. The lowest BCUT2D eigenvalue weighted by Crippen LogP contribution is -2.48. The first kappa shape index (κ1) is 16.3. The Bertz CT molecular complexity index is 467. The summed E-state index contributed by atoms with van der Waals surface area (Å²) in [5.74, 6) is -1.45. The highest BCUT2D eigenvalue weighted by Gasteiger charge is 2.23. The molecule has 0 amide bonds. The van der Waals surface area contributed by atoms with E-state index in [4.69, 9.17) is 11.1 Å². The van der Waals surface area contributed by atoms with E-state index in [1.807, 2.05) is 0 Å². The van der Waals surface area contributed by atoms with Crippen molar-refractivity contribution in [2.75, 3.05) is 17.8 Å². The van der Waals surface area contributed by atoms with Crippen LogP contribution in [0.5, 0.6) is 0 Å². The molecule has 0 aliphatic rings. The van der Waals surface area contributed by atoms with E-state index in [0.717, 1.165) is 6.26 Å². The number of hydrogen-bond acceptors (Lipinski definition) is 5. The molecule has 102 valence electrons.